The van der Waals surface area contributed by atoms with E-state index in [1.807, 2.05) is 54.9 Å². The third-order valence-corrected chi connectivity index (χ3v) is 5.30. The molecule has 2 aromatic heterocycles. The third kappa shape index (κ3) is 3.26. The first kappa shape index (κ1) is 14.9. The molecule has 0 saturated heterocycles. The molecule has 2 heterocycles. The fraction of sp³-hybridized carbons (Fsp3) is 0.176. The van der Waals surface area contributed by atoms with Crippen LogP contribution in [0.5, 0.6) is 0 Å². The lowest BCUT2D eigenvalue weighted by Crippen LogP contribution is -2.16. The first-order valence-corrected chi connectivity index (χ1v) is 8.74. The highest BCUT2D eigenvalue weighted by Gasteiger charge is 2.11. The number of anilines is 1. The van der Waals surface area contributed by atoms with Gasteiger partial charge in [-0.15, -0.1) is 22.7 Å². The van der Waals surface area contributed by atoms with Crippen LogP contribution < -0.4 is 5.32 Å². The molecule has 1 N–H and O–H groups in total. The highest BCUT2D eigenvalue weighted by atomic mass is 32.1. The van der Waals surface area contributed by atoms with E-state index in [1.54, 1.807) is 22.7 Å². The lowest BCUT2D eigenvalue weighted by molar-refractivity contribution is -0.115. The highest BCUT2D eigenvalue weighted by Crippen LogP contribution is 2.28. The van der Waals surface area contributed by atoms with Gasteiger partial charge < -0.3 is 5.32 Å². The molecule has 3 rings (SSSR count). The van der Waals surface area contributed by atoms with Gasteiger partial charge in [0.1, 0.15) is 5.01 Å². The molecule has 0 aliphatic heterocycles. The van der Waals surface area contributed by atoms with E-state index >= 15 is 0 Å². The normalized spacial score (nSPS) is 10.6. The summed E-state index contributed by atoms with van der Waals surface area (Å²) >= 11 is 3.24. The van der Waals surface area contributed by atoms with Gasteiger partial charge in [0.25, 0.3) is 0 Å². The SMILES string of the molecule is Cc1cccc(C)c1NC(=O)Cc1csc(-c2cccs2)n1. The fourth-order valence-electron chi connectivity index (χ4n) is 2.26. The van der Waals surface area contributed by atoms with Crippen molar-refractivity contribution in [1.82, 2.24) is 4.98 Å². The van der Waals surface area contributed by atoms with Crippen molar-refractivity contribution in [2.24, 2.45) is 0 Å². The summed E-state index contributed by atoms with van der Waals surface area (Å²) in [6, 6.07) is 10.0. The van der Waals surface area contributed by atoms with Crippen LogP contribution in [-0.2, 0) is 11.2 Å². The van der Waals surface area contributed by atoms with Crippen LogP contribution in [-0.4, -0.2) is 10.9 Å². The number of aromatic nitrogens is 1. The summed E-state index contributed by atoms with van der Waals surface area (Å²) in [5.41, 5.74) is 3.87. The van der Waals surface area contributed by atoms with Crippen LogP contribution in [0.25, 0.3) is 9.88 Å². The standard InChI is InChI=1S/C17H16N2OS2/c1-11-5-3-6-12(2)16(11)19-15(20)9-13-10-22-17(18-13)14-7-4-8-21-14/h3-8,10H,9H2,1-2H3,(H,19,20). The minimum absolute atomic E-state index is 0.0274. The molecule has 5 heteroatoms. The lowest BCUT2D eigenvalue weighted by Gasteiger charge is -2.10. The van der Waals surface area contributed by atoms with E-state index in [4.69, 9.17) is 0 Å². The van der Waals surface area contributed by atoms with E-state index in [1.165, 1.54) is 0 Å². The molecule has 0 fully saturated rings. The van der Waals surface area contributed by atoms with Crippen LogP contribution >= 0.6 is 22.7 Å². The summed E-state index contributed by atoms with van der Waals surface area (Å²) in [6.45, 7) is 4.00. The maximum absolute atomic E-state index is 12.2. The number of nitrogens with one attached hydrogen (secondary N) is 1. The number of rotatable bonds is 4. The topological polar surface area (TPSA) is 42.0 Å². The summed E-state index contributed by atoms with van der Waals surface area (Å²) in [5, 5.41) is 7.97. The Morgan fingerprint density at radius 1 is 1.14 bits per heavy atom. The zero-order valence-electron chi connectivity index (χ0n) is 12.4. The number of para-hydroxylation sites is 1. The molecular weight excluding hydrogens is 312 g/mol. The minimum Gasteiger partial charge on any atom is -0.325 e. The number of nitrogens with zero attached hydrogens (tertiary/aromatic N) is 1. The largest absolute Gasteiger partial charge is 0.325 e. The first-order chi connectivity index (χ1) is 10.6. The molecule has 1 aromatic carbocycles. The van der Waals surface area contributed by atoms with E-state index in [-0.39, 0.29) is 5.91 Å². The van der Waals surface area contributed by atoms with Crippen molar-refractivity contribution in [3.05, 3.63) is 57.9 Å². The van der Waals surface area contributed by atoms with Crippen molar-refractivity contribution >= 4 is 34.3 Å². The minimum atomic E-state index is -0.0274. The summed E-state index contributed by atoms with van der Waals surface area (Å²) in [5.74, 6) is -0.0274. The van der Waals surface area contributed by atoms with Gasteiger partial charge in [-0.3, -0.25) is 4.79 Å². The van der Waals surface area contributed by atoms with Crippen LogP contribution in [0.15, 0.2) is 41.1 Å². The zero-order chi connectivity index (χ0) is 15.5. The number of thiophene rings is 1. The Morgan fingerprint density at radius 2 is 1.91 bits per heavy atom. The van der Waals surface area contributed by atoms with E-state index in [0.717, 1.165) is 32.4 Å². The van der Waals surface area contributed by atoms with Gasteiger partial charge in [0.2, 0.25) is 5.91 Å². The number of hydrogen-bond donors (Lipinski definition) is 1. The zero-order valence-corrected chi connectivity index (χ0v) is 14.1. The van der Waals surface area contributed by atoms with Crippen LogP contribution in [0.2, 0.25) is 0 Å². The van der Waals surface area contributed by atoms with Gasteiger partial charge in [-0.05, 0) is 36.4 Å². The second kappa shape index (κ2) is 6.42. The molecule has 3 nitrogen and oxygen atoms in total. The monoisotopic (exact) mass is 328 g/mol. The first-order valence-electron chi connectivity index (χ1n) is 6.98. The number of carbonyl (C=O) groups excluding carboxylic acids is 1. The smallest absolute Gasteiger partial charge is 0.230 e. The molecule has 0 radical (unpaired) electrons. The van der Waals surface area contributed by atoms with Gasteiger partial charge >= 0.3 is 0 Å². The second-order valence-corrected chi connectivity index (χ2v) is 6.92. The molecular formula is C17H16N2OS2. The summed E-state index contributed by atoms with van der Waals surface area (Å²) in [6.07, 6.45) is 0.301. The molecule has 112 valence electrons. The van der Waals surface area contributed by atoms with Crippen molar-refractivity contribution in [1.29, 1.82) is 0 Å². The summed E-state index contributed by atoms with van der Waals surface area (Å²) in [4.78, 5) is 17.9. The van der Waals surface area contributed by atoms with Gasteiger partial charge in [-0.1, -0.05) is 24.3 Å². The van der Waals surface area contributed by atoms with E-state index in [9.17, 15) is 4.79 Å². The summed E-state index contributed by atoms with van der Waals surface area (Å²) < 4.78 is 0. The van der Waals surface area contributed by atoms with Crippen molar-refractivity contribution in [2.75, 3.05) is 5.32 Å². The Labute approximate surface area is 137 Å². The third-order valence-electron chi connectivity index (χ3n) is 3.37. The molecule has 0 bridgehead atoms. The number of aryl methyl sites for hydroxylation is 2. The number of carbonyl (C=O) groups is 1. The van der Waals surface area contributed by atoms with Gasteiger partial charge in [-0.2, -0.15) is 0 Å². The molecule has 1 amide bonds. The van der Waals surface area contributed by atoms with Gasteiger partial charge in [-0.25, -0.2) is 4.98 Å². The summed E-state index contributed by atoms with van der Waals surface area (Å²) in [7, 11) is 0. The van der Waals surface area contributed by atoms with E-state index in [2.05, 4.69) is 10.3 Å². The van der Waals surface area contributed by atoms with Crippen molar-refractivity contribution in [3.8, 4) is 9.88 Å². The molecule has 0 spiro atoms. The quantitative estimate of drug-likeness (QED) is 0.756. The number of thiazole rings is 1. The average Bonchev–Trinajstić information content (AvgIpc) is 3.13. The predicted octanol–water partition coefficient (Wildman–Crippen LogP) is 4.67. The molecule has 3 aromatic rings. The maximum Gasteiger partial charge on any atom is 0.230 e. The van der Waals surface area contributed by atoms with Crippen molar-refractivity contribution in [2.45, 2.75) is 20.3 Å². The average molecular weight is 328 g/mol. The van der Waals surface area contributed by atoms with Gasteiger partial charge in [0, 0.05) is 11.1 Å². The van der Waals surface area contributed by atoms with Crippen LogP contribution in [0.4, 0.5) is 5.69 Å². The van der Waals surface area contributed by atoms with Crippen LogP contribution in [0.1, 0.15) is 16.8 Å². The maximum atomic E-state index is 12.2. The second-order valence-electron chi connectivity index (χ2n) is 5.11. The van der Waals surface area contributed by atoms with E-state index < -0.39 is 0 Å². The Morgan fingerprint density at radius 3 is 2.59 bits per heavy atom. The van der Waals surface area contributed by atoms with E-state index in [0.29, 0.717) is 6.42 Å². The van der Waals surface area contributed by atoms with Crippen LogP contribution in [0, 0.1) is 13.8 Å². The Kier molecular flexibility index (Phi) is 4.36. The molecule has 0 aliphatic rings. The Bertz CT molecular complexity index is 771. The van der Waals surface area contributed by atoms with Gasteiger partial charge in [0.05, 0.1) is 17.0 Å². The molecule has 22 heavy (non-hydrogen) atoms. The number of amides is 1. The van der Waals surface area contributed by atoms with Crippen molar-refractivity contribution in [3.63, 3.8) is 0 Å². The molecule has 0 unspecified atom stereocenters. The Hall–Kier alpha value is -1.98. The van der Waals surface area contributed by atoms with Gasteiger partial charge in [0.15, 0.2) is 0 Å². The molecule has 0 atom stereocenters. The predicted molar refractivity (Wildman–Crippen MR) is 93.7 cm³/mol. The lowest BCUT2D eigenvalue weighted by atomic mass is 10.1. The number of hydrogen-bond acceptors (Lipinski definition) is 4. The molecule has 0 saturated carbocycles. The number of benzene rings is 1. The molecule has 0 aliphatic carbocycles. The fourth-order valence-corrected chi connectivity index (χ4v) is 3.90. The Balaban J connectivity index is 1.70. The highest BCUT2D eigenvalue weighted by molar-refractivity contribution is 7.20. The van der Waals surface area contributed by atoms with Crippen LogP contribution in [0.3, 0.4) is 0 Å². The van der Waals surface area contributed by atoms with Crippen molar-refractivity contribution < 1.29 is 4.79 Å².